The minimum atomic E-state index is 0.125. The zero-order chi connectivity index (χ0) is 41.0. The molecule has 0 amide bonds. The van der Waals surface area contributed by atoms with Gasteiger partial charge in [0.05, 0.1) is 0 Å². The molecule has 5 unspecified atom stereocenters. The Labute approximate surface area is 359 Å². The van der Waals surface area contributed by atoms with E-state index in [1.807, 2.05) is 24.3 Å². The molecule has 2 heterocycles. The summed E-state index contributed by atoms with van der Waals surface area (Å²) in [6.07, 6.45) is 28.8. The highest BCUT2D eigenvalue weighted by atomic mass is 15.0. The summed E-state index contributed by atoms with van der Waals surface area (Å²) in [4.78, 5) is 15.3. The van der Waals surface area contributed by atoms with E-state index in [0.29, 0.717) is 29.3 Å². The van der Waals surface area contributed by atoms with Gasteiger partial charge in [-0.05, 0) is 71.6 Å². The smallest absolute Gasteiger partial charge is 0.164 e. The van der Waals surface area contributed by atoms with Crippen molar-refractivity contribution in [2.45, 2.75) is 43.6 Å². The molecule has 5 nitrogen and oxygen atoms in total. The maximum atomic E-state index is 8.58. The molecule has 1 saturated heterocycles. The molecule has 3 aliphatic carbocycles. The number of nitrogens with zero attached hydrogens (tertiary/aromatic N) is 3. The predicted molar refractivity (Wildman–Crippen MR) is 251 cm³/mol. The summed E-state index contributed by atoms with van der Waals surface area (Å²) in [6, 6.07) is 47.3. The van der Waals surface area contributed by atoms with Crippen molar-refractivity contribution in [1.82, 2.24) is 20.3 Å². The number of benzene rings is 5. The fourth-order valence-corrected chi connectivity index (χ4v) is 9.81. The van der Waals surface area contributed by atoms with Crippen LogP contribution in [0.5, 0.6) is 0 Å². The van der Waals surface area contributed by atoms with Gasteiger partial charge >= 0.3 is 0 Å². The van der Waals surface area contributed by atoms with E-state index in [4.69, 9.17) is 20.4 Å². The van der Waals surface area contributed by atoms with Crippen LogP contribution in [0.4, 0.5) is 0 Å². The average molecular weight is 792 g/mol. The maximum absolute atomic E-state index is 8.58. The molecular weight excluding hydrogens is 743 g/mol. The molecule has 2 N–H and O–H groups in total. The van der Waals surface area contributed by atoms with E-state index in [-0.39, 0.29) is 23.8 Å². The number of aromatic nitrogens is 3. The molecule has 1 aliphatic heterocycles. The molecule has 6 atom stereocenters. The number of hydrogen-bond donors (Lipinski definition) is 2. The number of allylic oxidation sites excluding steroid dienone is 10. The Morgan fingerprint density at radius 1 is 0.574 bits per heavy atom. The summed E-state index contributed by atoms with van der Waals surface area (Å²) in [7, 11) is 0. The highest BCUT2D eigenvalue weighted by Gasteiger charge is 2.44. The summed E-state index contributed by atoms with van der Waals surface area (Å²) < 4.78 is 0. The largest absolute Gasteiger partial charge is 0.383 e. The van der Waals surface area contributed by atoms with Gasteiger partial charge in [-0.1, -0.05) is 182 Å². The van der Waals surface area contributed by atoms with Crippen molar-refractivity contribution in [1.29, 1.82) is 5.41 Å². The van der Waals surface area contributed by atoms with Crippen molar-refractivity contribution in [3.05, 3.63) is 217 Å². The van der Waals surface area contributed by atoms with E-state index < -0.39 is 0 Å². The Morgan fingerprint density at radius 3 is 1.97 bits per heavy atom. The lowest BCUT2D eigenvalue weighted by Crippen LogP contribution is -2.51. The van der Waals surface area contributed by atoms with Crippen LogP contribution >= 0.6 is 0 Å². The van der Waals surface area contributed by atoms with E-state index in [2.05, 4.69) is 175 Å². The van der Waals surface area contributed by atoms with Crippen LogP contribution in [0.1, 0.15) is 54.2 Å². The van der Waals surface area contributed by atoms with Gasteiger partial charge in [-0.2, -0.15) is 0 Å². The second-order valence-electron chi connectivity index (χ2n) is 16.6. The molecule has 0 spiro atoms. The number of nitrogens with one attached hydrogen (secondary N) is 2. The third-order valence-corrected chi connectivity index (χ3v) is 12.9. The molecule has 6 aromatic rings. The van der Waals surface area contributed by atoms with Crippen molar-refractivity contribution in [2.24, 2.45) is 17.8 Å². The Balaban J connectivity index is 0.999. The minimum Gasteiger partial charge on any atom is -0.383 e. The van der Waals surface area contributed by atoms with Crippen molar-refractivity contribution in [3.8, 4) is 45.3 Å². The number of fused-ring (bicyclic) bond motifs is 1. The van der Waals surface area contributed by atoms with Crippen LogP contribution in [0.25, 0.3) is 50.9 Å². The third-order valence-electron chi connectivity index (χ3n) is 12.9. The van der Waals surface area contributed by atoms with Crippen LogP contribution in [0.3, 0.4) is 0 Å². The van der Waals surface area contributed by atoms with Crippen LogP contribution in [-0.2, 0) is 0 Å². The van der Waals surface area contributed by atoms with Gasteiger partial charge in [0.2, 0.25) is 0 Å². The van der Waals surface area contributed by atoms with Gasteiger partial charge in [0, 0.05) is 63.9 Å². The zero-order valence-electron chi connectivity index (χ0n) is 34.2. The summed E-state index contributed by atoms with van der Waals surface area (Å²) in [6.45, 7) is 0. The van der Waals surface area contributed by atoms with E-state index in [9.17, 15) is 0 Å². The van der Waals surface area contributed by atoms with Crippen LogP contribution in [0, 0.1) is 23.2 Å². The normalized spacial score (nSPS) is 23.5. The Kier molecular flexibility index (Phi) is 10.9. The fraction of sp³-hybridized carbons (Fsp3) is 0.179. The number of rotatable bonds is 9. The quantitative estimate of drug-likeness (QED) is 0.113. The van der Waals surface area contributed by atoms with Crippen LogP contribution in [-0.4, -0.2) is 27.2 Å². The van der Waals surface area contributed by atoms with Gasteiger partial charge in [0.25, 0.3) is 0 Å². The lowest BCUT2D eigenvalue weighted by molar-refractivity contribution is 0.243. The van der Waals surface area contributed by atoms with Crippen molar-refractivity contribution in [3.63, 3.8) is 0 Å². The van der Waals surface area contributed by atoms with E-state index in [0.717, 1.165) is 63.9 Å². The highest BCUT2D eigenvalue weighted by Crippen LogP contribution is 2.48. The number of hydrogen-bond acceptors (Lipinski definition) is 5. The van der Waals surface area contributed by atoms with E-state index in [1.54, 1.807) is 0 Å². The van der Waals surface area contributed by atoms with E-state index in [1.165, 1.54) is 23.8 Å². The van der Waals surface area contributed by atoms with Gasteiger partial charge in [-0.25, -0.2) is 15.0 Å². The molecule has 5 heteroatoms. The lowest BCUT2D eigenvalue weighted by Gasteiger charge is -2.48. The molecule has 1 aromatic heterocycles. The van der Waals surface area contributed by atoms with Crippen LogP contribution < -0.4 is 5.32 Å². The molecule has 61 heavy (non-hydrogen) atoms. The van der Waals surface area contributed by atoms with Gasteiger partial charge in [-0.3, -0.25) is 0 Å². The SMILES string of the molecule is N=C/C(=C1\NC([C@H]2C=CC=CC2)C(c2ccc(-c3cccc(-c4nc(-c5ccccc5)nc(-c5cccc(C6C=CCCC6)c5)n4)c3)cc2)C2C=CC=CC12)c1ccccc1. The fourth-order valence-electron chi connectivity index (χ4n) is 9.81. The Bertz CT molecular complexity index is 2720. The first kappa shape index (κ1) is 38.2. The number of piperidine rings is 1. The molecule has 1 fully saturated rings. The van der Waals surface area contributed by atoms with Crippen LogP contribution in [0.15, 0.2) is 200 Å². The molecule has 4 aliphatic rings. The van der Waals surface area contributed by atoms with E-state index >= 15 is 0 Å². The summed E-state index contributed by atoms with van der Waals surface area (Å²) in [5.41, 5.74) is 10.9. The first-order chi connectivity index (χ1) is 30.2. The predicted octanol–water partition coefficient (Wildman–Crippen LogP) is 13.0. The molecule has 10 rings (SSSR count). The highest BCUT2D eigenvalue weighted by molar-refractivity contribution is 6.09. The molecule has 5 aromatic carbocycles. The minimum absolute atomic E-state index is 0.125. The second-order valence-corrected chi connectivity index (χ2v) is 16.6. The molecule has 298 valence electrons. The van der Waals surface area contributed by atoms with Gasteiger partial charge < -0.3 is 10.7 Å². The molecule has 0 saturated carbocycles. The first-order valence-corrected chi connectivity index (χ1v) is 21.7. The Hall–Kier alpha value is -6.98. The Morgan fingerprint density at radius 2 is 1.25 bits per heavy atom. The van der Waals surface area contributed by atoms with Gasteiger partial charge in [-0.15, -0.1) is 0 Å². The second kappa shape index (κ2) is 17.3. The van der Waals surface area contributed by atoms with Gasteiger partial charge in [0.1, 0.15) is 0 Å². The maximum Gasteiger partial charge on any atom is 0.164 e. The molecular formula is C56H49N5. The van der Waals surface area contributed by atoms with Crippen molar-refractivity contribution in [2.75, 3.05) is 0 Å². The third kappa shape index (κ3) is 7.92. The van der Waals surface area contributed by atoms with Crippen molar-refractivity contribution >= 4 is 11.8 Å². The summed E-state index contributed by atoms with van der Waals surface area (Å²) >= 11 is 0. The lowest BCUT2D eigenvalue weighted by atomic mass is 9.64. The van der Waals surface area contributed by atoms with Gasteiger partial charge in [0.15, 0.2) is 17.5 Å². The van der Waals surface area contributed by atoms with Crippen molar-refractivity contribution < 1.29 is 0 Å². The standard InChI is InChI=1S/C56H49N5/c57-37-50(40-19-7-2-8-20-40)53-49-30-14-13-29-48(49)51(52(58-53)42-21-9-3-10-22-42)41-33-31-39(32-34-41)45-26-16-28-47(36-45)56-60-54(43-23-11-4-12-24-43)59-55(61-56)46-27-15-25-44(35-46)38-17-5-1-6-18-38/h2-5,7-17,19-21,23-38,42,48-49,51-52,57-58H,1,6,18,22H2/b53-50+,57-37?/t38?,42-,48?,49?,51?,52?/m0/s1. The van der Waals surface area contributed by atoms with Crippen LogP contribution in [0.2, 0.25) is 0 Å². The zero-order valence-corrected chi connectivity index (χ0v) is 34.2. The topological polar surface area (TPSA) is 74.6 Å². The summed E-state index contributed by atoms with van der Waals surface area (Å²) in [5, 5.41) is 12.7. The molecule has 0 bridgehead atoms. The first-order valence-electron chi connectivity index (χ1n) is 21.7. The molecule has 0 radical (unpaired) electrons. The monoisotopic (exact) mass is 791 g/mol. The average Bonchev–Trinajstić information content (AvgIpc) is 3.35. The summed E-state index contributed by atoms with van der Waals surface area (Å²) in [5.74, 6) is 3.29.